The highest BCUT2D eigenvalue weighted by molar-refractivity contribution is 6.33. The maximum Gasteiger partial charge on any atom is 0.256 e. The van der Waals surface area contributed by atoms with E-state index in [0.717, 1.165) is 11.4 Å². The first-order valence-corrected chi connectivity index (χ1v) is 8.31. The minimum absolute atomic E-state index is 0.221. The zero-order chi connectivity index (χ0) is 17.9. The van der Waals surface area contributed by atoms with Crippen molar-refractivity contribution in [2.24, 2.45) is 5.92 Å². The van der Waals surface area contributed by atoms with E-state index in [0.29, 0.717) is 35.4 Å². The lowest BCUT2D eigenvalue weighted by molar-refractivity contribution is 0.0950. The number of carbonyl (C=O) groups is 1. The van der Waals surface area contributed by atoms with Gasteiger partial charge in [-0.1, -0.05) is 31.5 Å². The number of carbonyl (C=O) groups excluding carboxylic acids is 1. The molecule has 2 aromatic heterocycles. The number of pyridine rings is 1. The fraction of sp³-hybridized carbons (Fsp3) is 0.471. The summed E-state index contributed by atoms with van der Waals surface area (Å²) in [6, 6.07) is 3.80. The molecule has 130 valence electrons. The van der Waals surface area contributed by atoms with Gasteiger partial charge in [0.05, 0.1) is 11.3 Å². The van der Waals surface area contributed by atoms with Crippen LogP contribution in [-0.4, -0.2) is 34.8 Å². The van der Waals surface area contributed by atoms with Crippen molar-refractivity contribution in [3.8, 4) is 0 Å². The third-order valence-corrected chi connectivity index (χ3v) is 3.95. The summed E-state index contributed by atoms with van der Waals surface area (Å²) in [5, 5.41) is 7.68. The Morgan fingerprint density at radius 3 is 2.75 bits per heavy atom. The van der Waals surface area contributed by atoms with Gasteiger partial charge >= 0.3 is 0 Å². The van der Waals surface area contributed by atoms with Gasteiger partial charge < -0.3 is 10.2 Å². The van der Waals surface area contributed by atoms with Gasteiger partial charge in [-0.15, -0.1) is 0 Å². The van der Waals surface area contributed by atoms with Crippen LogP contribution in [0.3, 0.4) is 0 Å². The first kappa shape index (κ1) is 18.3. The van der Waals surface area contributed by atoms with Gasteiger partial charge in [0.15, 0.2) is 0 Å². The summed E-state index contributed by atoms with van der Waals surface area (Å²) >= 11 is 6.35. The Morgan fingerprint density at radius 2 is 2.12 bits per heavy atom. The molecule has 0 radical (unpaired) electrons. The molecule has 24 heavy (non-hydrogen) atoms. The van der Waals surface area contributed by atoms with Crippen LogP contribution < -0.4 is 10.2 Å². The van der Waals surface area contributed by atoms with Crippen LogP contribution in [0.2, 0.25) is 5.15 Å². The van der Waals surface area contributed by atoms with Gasteiger partial charge in [0.25, 0.3) is 5.91 Å². The van der Waals surface area contributed by atoms with Gasteiger partial charge in [-0.3, -0.25) is 9.48 Å². The van der Waals surface area contributed by atoms with E-state index in [1.807, 2.05) is 31.1 Å². The van der Waals surface area contributed by atoms with Gasteiger partial charge in [-0.05, 0) is 18.9 Å². The summed E-state index contributed by atoms with van der Waals surface area (Å²) < 4.78 is 1.69. The molecule has 0 atom stereocenters. The summed E-state index contributed by atoms with van der Waals surface area (Å²) in [6.45, 7) is 7.02. The molecule has 0 fully saturated rings. The molecule has 2 aromatic rings. The Morgan fingerprint density at radius 1 is 1.42 bits per heavy atom. The number of anilines is 1. The number of nitrogens with one attached hydrogen (secondary N) is 1. The molecule has 2 heterocycles. The minimum Gasteiger partial charge on any atom is -0.362 e. The van der Waals surface area contributed by atoms with Crippen LogP contribution in [0.1, 0.15) is 35.5 Å². The van der Waals surface area contributed by atoms with Crippen LogP contribution in [-0.2, 0) is 13.1 Å². The van der Waals surface area contributed by atoms with E-state index < -0.39 is 0 Å². The predicted molar refractivity (Wildman–Crippen MR) is 96.5 cm³/mol. The molecule has 0 bridgehead atoms. The Labute approximate surface area is 147 Å². The average Bonchev–Trinajstić information content (AvgIpc) is 2.78. The number of nitrogens with zero attached hydrogens (tertiary/aromatic N) is 4. The summed E-state index contributed by atoms with van der Waals surface area (Å²) in [5.41, 5.74) is 2.02. The van der Waals surface area contributed by atoms with E-state index in [9.17, 15) is 4.79 Å². The van der Waals surface area contributed by atoms with Gasteiger partial charge in [-0.2, -0.15) is 5.10 Å². The smallest absolute Gasteiger partial charge is 0.256 e. The van der Waals surface area contributed by atoms with Crippen LogP contribution in [0, 0.1) is 12.8 Å². The van der Waals surface area contributed by atoms with Crippen LogP contribution in [0.5, 0.6) is 0 Å². The molecule has 0 saturated carbocycles. The second kappa shape index (κ2) is 7.66. The molecular weight excluding hydrogens is 326 g/mol. The Hall–Kier alpha value is -2.08. The third-order valence-electron chi connectivity index (χ3n) is 3.56. The maximum absolute atomic E-state index is 12.6. The van der Waals surface area contributed by atoms with Crippen LogP contribution >= 0.6 is 11.6 Å². The zero-order valence-electron chi connectivity index (χ0n) is 14.8. The van der Waals surface area contributed by atoms with E-state index in [4.69, 9.17) is 11.6 Å². The van der Waals surface area contributed by atoms with Crippen molar-refractivity contribution in [3.63, 3.8) is 0 Å². The molecule has 0 spiro atoms. The van der Waals surface area contributed by atoms with E-state index in [1.165, 1.54) is 0 Å². The summed E-state index contributed by atoms with van der Waals surface area (Å²) in [7, 11) is 3.84. The molecule has 0 aliphatic rings. The largest absolute Gasteiger partial charge is 0.362 e. The molecule has 6 nitrogen and oxygen atoms in total. The van der Waals surface area contributed by atoms with Crippen molar-refractivity contribution in [1.29, 1.82) is 0 Å². The number of amides is 1. The van der Waals surface area contributed by atoms with E-state index in [-0.39, 0.29) is 5.91 Å². The van der Waals surface area contributed by atoms with Crippen molar-refractivity contribution < 1.29 is 4.79 Å². The molecular formula is C17H24ClN5O. The van der Waals surface area contributed by atoms with Gasteiger partial charge in [-0.25, -0.2) is 4.98 Å². The SMILES string of the molecule is Cc1nn(CC(C)C)c(Cl)c1C(=O)NCc1cccnc1N(C)C. The van der Waals surface area contributed by atoms with E-state index in [1.54, 1.807) is 17.8 Å². The van der Waals surface area contributed by atoms with Crippen molar-refractivity contribution >= 4 is 23.3 Å². The third kappa shape index (κ3) is 4.06. The van der Waals surface area contributed by atoms with Crippen LogP contribution in [0.4, 0.5) is 5.82 Å². The molecule has 0 aliphatic carbocycles. The van der Waals surface area contributed by atoms with Crippen molar-refractivity contribution in [2.45, 2.75) is 33.9 Å². The number of hydrogen-bond donors (Lipinski definition) is 1. The second-order valence-corrected chi connectivity index (χ2v) is 6.75. The highest BCUT2D eigenvalue weighted by Crippen LogP contribution is 2.21. The first-order valence-electron chi connectivity index (χ1n) is 7.93. The van der Waals surface area contributed by atoms with Crippen molar-refractivity contribution in [3.05, 3.63) is 40.3 Å². The maximum atomic E-state index is 12.6. The Balaban J connectivity index is 2.15. The number of rotatable bonds is 6. The second-order valence-electron chi connectivity index (χ2n) is 6.39. The zero-order valence-corrected chi connectivity index (χ0v) is 15.6. The average molecular weight is 350 g/mol. The van der Waals surface area contributed by atoms with Crippen molar-refractivity contribution in [2.75, 3.05) is 19.0 Å². The van der Waals surface area contributed by atoms with Crippen molar-refractivity contribution in [1.82, 2.24) is 20.1 Å². The number of aromatic nitrogens is 3. The van der Waals surface area contributed by atoms with Crippen LogP contribution in [0.25, 0.3) is 0 Å². The normalized spacial score (nSPS) is 11.0. The number of hydrogen-bond acceptors (Lipinski definition) is 4. The standard InChI is InChI=1S/C17H24ClN5O/c1-11(2)10-23-15(18)14(12(3)21-23)17(24)20-9-13-7-6-8-19-16(13)22(4)5/h6-8,11H,9-10H2,1-5H3,(H,20,24). The first-order chi connectivity index (χ1) is 11.3. The van der Waals surface area contributed by atoms with Gasteiger partial charge in [0.2, 0.25) is 0 Å². The Kier molecular flexibility index (Phi) is 5.83. The Bertz CT molecular complexity index is 724. The molecule has 2 rings (SSSR count). The monoisotopic (exact) mass is 349 g/mol. The lowest BCUT2D eigenvalue weighted by Gasteiger charge is -2.16. The molecule has 0 unspecified atom stereocenters. The fourth-order valence-electron chi connectivity index (χ4n) is 2.51. The molecule has 7 heteroatoms. The molecule has 0 aliphatic heterocycles. The topological polar surface area (TPSA) is 63.1 Å². The minimum atomic E-state index is -0.221. The summed E-state index contributed by atoms with van der Waals surface area (Å²) in [5.74, 6) is 1.01. The molecule has 1 N–H and O–H groups in total. The molecule has 1 amide bonds. The lowest BCUT2D eigenvalue weighted by Crippen LogP contribution is -2.25. The quantitative estimate of drug-likeness (QED) is 0.871. The van der Waals surface area contributed by atoms with Gasteiger partial charge in [0.1, 0.15) is 11.0 Å². The summed E-state index contributed by atoms with van der Waals surface area (Å²) in [6.07, 6.45) is 1.73. The predicted octanol–water partition coefficient (Wildman–Crippen LogP) is 2.89. The fourth-order valence-corrected chi connectivity index (χ4v) is 2.84. The number of halogens is 1. The van der Waals surface area contributed by atoms with Gasteiger partial charge in [0, 0.05) is 38.9 Å². The lowest BCUT2D eigenvalue weighted by atomic mass is 10.2. The van der Waals surface area contributed by atoms with E-state index >= 15 is 0 Å². The highest BCUT2D eigenvalue weighted by atomic mass is 35.5. The summed E-state index contributed by atoms with van der Waals surface area (Å²) in [4.78, 5) is 18.8. The number of aryl methyl sites for hydroxylation is 1. The molecule has 0 saturated heterocycles. The molecule has 0 aromatic carbocycles. The van der Waals surface area contributed by atoms with Crippen LogP contribution in [0.15, 0.2) is 18.3 Å². The highest BCUT2D eigenvalue weighted by Gasteiger charge is 2.20. The van der Waals surface area contributed by atoms with E-state index in [2.05, 4.69) is 29.2 Å².